The van der Waals surface area contributed by atoms with Crippen LogP contribution in [0.15, 0.2) is 30.3 Å². The number of benzene rings is 2. The van der Waals surface area contributed by atoms with Gasteiger partial charge in [0.1, 0.15) is 5.75 Å². The molecule has 0 N–H and O–H groups in total. The Morgan fingerprint density at radius 3 is 2.68 bits per heavy atom. The van der Waals surface area contributed by atoms with Crippen LogP contribution in [0, 0.1) is 11.7 Å². The molecule has 132 valence electrons. The number of ether oxygens (including phenoxy) is 2. The lowest BCUT2D eigenvalue weighted by Crippen LogP contribution is -2.08. The summed E-state index contributed by atoms with van der Waals surface area (Å²) in [7, 11) is 0. The van der Waals surface area contributed by atoms with Crippen molar-refractivity contribution in [1.82, 2.24) is 0 Å². The summed E-state index contributed by atoms with van der Waals surface area (Å²) >= 11 is 1.47. The predicted octanol–water partition coefficient (Wildman–Crippen LogP) is 6.55. The van der Waals surface area contributed by atoms with E-state index >= 15 is 0 Å². The van der Waals surface area contributed by atoms with Gasteiger partial charge < -0.3 is 9.47 Å². The summed E-state index contributed by atoms with van der Waals surface area (Å²) in [6.45, 7) is 3.41. The number of rotatable bonds is 6. The third kappa shape index (κ3) is 3.32. The minimum Gasteiger partial charge on any atom is -0.494 e. The SMILES string of the molecule is CCCOc1ccc2c(c1)sc1c(F)c(OCC3CCCC3)ccc12. The molecule has 0 spiro atoms. The molecule has 3 aromatic rings. The molecular weight excluding hydrogens is 335 g/mol. The predicted molar refractivity (Wildman–Crippen MR) is 103 cm³/mol. The Bertz CT molecular complexity index is 880. The van der Waals surface area contributed by atoms with Crippen LogP contribution < -0.4 is 9.47 Å². The van der Waals surface area contributed by atoms with Gasteiger partial charge in [-0.15, -0.1) is 11.3 Å². The highest BCUT2D eigenvalue weighted by atomic mass is 32.1. The second kappa shape index (κ2) is 7.20. The van der Waals surface area contributed by atoms with Crippen molar-refractivity contribution in [2.75, 3.05) is 13.2 Å². The van der Waals surface area contributed by atoms with E-state index in [-0.39, 0.29) is 5.82 Å². The molecule has 1 heterocycles. The van der Waals surface area contributed by atoms with E-state index in [0.717, 1.165) is 27.6 Å². The molecule has 2 aromatic carbocycles. The zero-order chi connectivity index (χ0) is 17.2. The number of thiophene rings is 1. The van der Waals surface area contributed by atoms with E-state index in [1.165, 1.54) is 37.0 Å². The molecule has 1 aromatic heterocycles. The van der Waals surface area contributed by atoms with Crippen LogP contribution in [0.1, 0.15) is 39.0 Å². The minimum absolute atomic E-state index is 0.229. The van der Waals surface area contributed by atoms with Gasteiger partial charge in [0.15, 0.2) is 11.6 Å². The van der Waals surface area contributed by atoms with Crippen LogP contribution in [-0.4, -0.2) is 13.2 Å². The van der Waals surface area contributed by atoms with Crippen molar-refractivity contribution in [3.63, 3.8) is 0 Å². The Hall–Kier alpha value is -1.81. The molecule has 0 radical (unpaired) electrons. The fraction of sp³-hybridized carbons (Fsp3) is 0.429. The average molecular weight is 358 g/mol. The van der Waals surface area contributed by atoms with E-state index in [1.807, 2.05) is 24.3 Å². The number of hydrogen-bond donors (Lipinski definition) is 0. The van der Waals surface area contributed by atoms with Crippen LogP contribution in [0.3, 0.4) is 0 Å². The third-order valence-electron chi connectivity index (χ3n) is 4.94. The Labute approximate surface area is 151 Å². The largest absolute Gasteiger partial charge is 0.494 e. The Morgan fingerprint density at radius 1 is 1.08 bits per heavy atom. The van der Waals surface area contributed by atoms with E-state index in [9.17, 15) is 4.39 Å². The van der Waals surface area contributed by atoms with Crippen molar-refractivity contribution in [1.29, 1.82) is 0 Å². The number of fused-ring (bicyclic) bond motifs is 3. The summed E-state index contributed by atoms with van der Waals surface area (Å²) in [5.74, 6) is 1.58. The van der Waals surface area contributed by atoms with Crippen molar-refractivity contribution in [3.05, 3.63) is 36.1 Å². The maximum atomic E-state index is 14.9. The molecule has 1 aliphatic rings. The number of hydrogen-bond acceptors (Lipinski definition) is 3. The fourth-order valence-corrected chi connectivity index (χ4v) is 4.74. The van der Waals surface area contributed by atoms with Crippen LogP contribution in [0.2, 0.25) is 0 Å². The molecule has 0 bridgehead atoms. The summed E-state index contributed by atoms with van der Waals surface area (Å²) in [6.07, 6.45) is 5.92. The molecule has 0 atom stereocenters. The summed E-state index contributed by atoms with van der Waals surface area (Å²) in [6, 6.07) is 9.76. The zero-order valence-corrected chi connectivity index (χ0v) is 15.3. The molecule has 25 heavy (non-hydrogen) atoms. The van der Waals surface area contributed by atoms with Gasteiger partial charge in [0.2, 0.25) is 0 Å². The molecule has 0 unspecified atom stereocenters. The first-order valence-corrected chi connectivity index (χ1v) is 9.98. The van der Waals surface area contributed by atoms with Gasteiger partial charge in [-0.1, -0.05) is 19.8 Å². The molecule has 1 saturated carbocycles. The molecule has 0 amide bonds. The highest BCUT2D eigenvalue weighted by Crippen LogP contribution is 2.40. The van der Waals surface area contributed by atoms with Gasteiger partial charge in [-0.05, 0) is 55.5 Å². The maximum Gasteiger partial charge on any atom is 0.182 e. The van der Waals surface area contributed by atoms with Crippen molar-refractivity contribution in [2.24, 2.45) is 5.92 Å². The van der Waals surface area contributed by atoms with Crippen LogP contribution in [-0.2, 0) is 0 Å². The molecule has 0 saturated heterocycles. The maximum absolute atomic E-state index is 14.9. The average Bonchev–Trinajstić information content (AvgIpc) is 3.27. The van der Waals surface area contributed by atoms with E-state index in [4.69, 9.17) is 9.47 Å². The van der Waals surface area contributed by atoms with Crippen molar-refractivity contribution in [3.8, 4) is 11.5 Å². The molecule has 4 heteroatoms. The summed E-state index contributed by atoms with van der Waals surface area (Å²) in [5.41, 5.74) is 0. The topological polar surface area (TPSA) is 18.5 Å². The lowest BCUT2D eigenvalue weighted by molar-refractivity contribution is 0.243. The van der Waals surface area contributed by atoms with Gasteiger partial charge >= 0.3 is 0 Å². The minimum atomic E-state index is -0.229. The van der Waals surface area contributed by atoms with Crippen molar-refractivity contribution in [2.45, 2.75) is 39.0 Å². The van der Waals surface area contributed by atoms with E-state index in [0.29, 0.717) is 29.6 Å². The molecule has 1 aliphatic carbocycles. The molecule has 2 nitrogen and oxygen atoms in total. The zero-order valence-electron chi connectivity index (χ0n) is 14.5. The highest BCUT2D eigenvalue weighted by Gasteiger charge is 2.18. The van der Waals surface area contributed by atoms with Gasteiger partial charge in [0.05, 0.1) is 17.9 Å². The molecule has 1 fully saturated rings. The first kappa shape index (κ1) is 16.6. The fourth-order valence-electron chi connectivity index (χ4n) is 3.58. The smallest absolute Gasteiger partial charge is 0.182 e. The Kier molecular flexibility index (Phi) is 4.80. The highest BCUT2D eigenvalue weighted by molar-refractivity contribution is 7.25. The van der Waals surface area contributed by atoms with Gasteiger partial charge in [0, 0.05) is 15.5 Å². The molecule has 0 aliphatic heterocycles. The van der Waals surface area contributed by atoms with Crippen molar-refractivity contribution < 1.29 is 13.9 Å². The normalized spacial score (nSPS) is 15.3. The number of halogens is 1. The third-order valence-corrected chi connectivity index (χ3v) is 6.10. The van der Waals surface area contributed by atoms with Gasteiger partial charge in [0.25, 0.3) is 0 Å². The standard InChI is InChI=1S/C21H23FO2S/c1-2-11-23-15-7-8-16-17-9-10-18(24-13-14-5-3-4-6-14)20(22)21(17)25-19(16)12-15/h7-10,12,14H,2-6,11,13H2,1H3. The first-order valence-electron chi connectivity index (χ1n) is 9.16. The summed E-state index contributed by atoms with van der Waals surface area (Å²) in [5, 5.41) is 2.03. The van der Waals surface area contributed by atoms with Crippen LogP contribution in [0.25, 0.3) is 20.2 Å². The van der Waals surface area contributed by atoms with Crippen LogP contribution in [0.4, 0.5) is 4.39 Å². The molecular formula is C21H23FO2S. The summed E-state index contributed by atoms with van der Waals surface area (Å²) in [4.78, 5) is 0. The Morgan fingerprint density at radius 2 is 1.88 bits per heavy atom. The second-order valence-electron chi connectivity index (χ2n) is 6.82. The van der Waals surface area contributed by atoms with Crippen LogP contribution in [0.5, 0.6) is 11.5 Å². The van der Waals surface area contributed by atoms with E-state index < -0.39 is 0 Å². The van der Waals surface area contributed by atoms with Crippen LogP contribution >= 0.6 is 11.3 Å². The van der Waals surface area contributed by atoms with Gasteiger partial charge in [-0.3, -0.25) is 0 Å². The first-order chi connectivity index (χ1) is 12.3. The molecule has 4 rings (SSSR count). The van der Waals surface area contributed by atoms with E-state index in [2.05, 4.69) is 6.92 Å². The van der Waals surface area contributed by atoms with Gasteiger partial charge in [-0.2, -0.15) is 0 Å². The van der Waals surface area contributed by atoms with E-state index in [1.54, 1.807) is 6.07 Å². The lowest BCUT2D eigenvalue weighted by atomic mass is 10.1. The monoisotopic (exact) mass is 358 g/mol. The summed E-state index contributed by atoms with van der Waals surface area (Å²) < 4.78 is 28.2. The lowest BCUT2D eigenvalue weighted by Gasteiger charge is -2.12. The second-order valence-corrected chi connectivity index (χ2v) is 7.88. The quantitative estimate of drug-likeness (QED) is 0.497. The Balaban J connectivity index is 1.64. The van der Waals surface area contributed by atoms with Gasteiger partial charge in [-0.25, -0.2) is 4.39 Å². The van der Waals surface area contributed by atoms with Crippen molar-refractivity contribution >= 4 is 31.5 Å².